The van der Waals surface area contributed by atoms with Gasteiger partial charge < -0.3 is 25.2 Å². The number of carbonyl (C=O) groups is 3. The van der Waals surface area contributed by atoms with E-state index in [1.807, 2.05) is 13.8 Å². The molecule has 2 aliphatic rings. The van der Waals surface area contributed by atoms with E-state index >= 15 is 0 Å². The van der Waals surface area contributed by atoms with Crippen LogP contribution in [0.5, 0.6) is 0 Å². The number of rotatable bonds is 4. The van der Waals surface area contributed by atoms with Crippen molar-refractivity contribution in [1.82, 2.24) is 14.7 Å². The Kier molecular flexibility index (Phi) is 5.17. The molecule has 1 spiro atoms. The summed E-state index contributed by atoms with van der Waals surface area (Å²) in [6.07, 6.45) is 1.91. The van der Waals surface area contributed by atoms with Crippen LogP contribution in [0.15, 0.2) is 12.7 Å². The Morgan fingerprint density at radius 1 is 1.29 bits per heavy atom. The number of hydrogen-bond acceptors (Lipinski definition) is 4. The summed E-state index contributed by atoms with van der Waals surface area (Å²) < 4.78 is 5.81. The van der Waals surface area contributed by atoms with Crippen LogP contribution in [0.4, 0.5) is 4.79 Å². The van der Waals surface area contributed by atoms with Crippen LogP contribution in [0.25, 0.3) is 0 Å². The second-order valence-corrected chi connectivity index (χ2v) is 6.85. The Morgan fingerprint density at radius 2 is 1.92 bits per heavy atom. The van der Waals surface area contributed by atoms with Crippen molar-refractivity contribution in [3.05, 3.63) is 12.7 Å². The van der Waals surface area contributed by atoms with Crippen LogP contribution in [-0.2, 0) is 14.3 Å². The molecule has 2 aliphatic heterocycles. The number of hydrogen-bond donors (Lipinski definition) is 1. The van der Waals surface area contributed by atoms with Crippen molar-refractivity contribution in [2.75, 3.05) is 33.4 Å². The van der Waals surface area contributed by atoms with Crippen LogP contribution in [0.1, 0.15) is 20.3 Å². The van der Waals surface area contributed by atoms with Crippen molar-refractivity contribution in [2.24, 2.45) is 11.7 Å². The highest BCUT2D eigenvalue weighted by Gasteiger charge is 2.48. The lowest BCUT2D eigenvalue weighted by molar-refractivity contribution is -0.126. The van der Waals surface area contributed by atoms with Gasteiger partial charge in [-0.1, -0.05) is 20.4 Å². The fraction of sp³-hybridized carbons (Fsp3) is 0.688. The molecule has 2 fully saturated rings. The summed E-state index contributed by atoms with van der Waals surface area (Å²) in [6.45, 7) is 8.73. The molecule has 2 saturated heterocycles. The number of nitrogens with zero attached hydrogens (tertiary/aromatic N) is 3. The van der Waals surface area contributed by atoms with E-state index in [9.17, 15) is 14.4 Å². The predicted molar refractivity (Wildman–Crippen MR) is 87.8 cm³/mol. The van der Waals surface area contributed by atoms with Crippen LogP contribution in [0.2, 0.25) is 0 Å². The van der Waals surface area contributed by atoms with E-state index in [1.165, 1.54) is 11.0 Å². The van der Waals surface area contributed by atoms with Crippen LogP contribution in [-0.4, -0.2) is 77.6 Å². The fourth-order valence-electron chi connectivity index (χ4n) is 3.49. The van der Waals surface area contributed by atoms with E-state index in [1.54, 1.807) is 16.8 Å². The molecule has 0 radical (unpaired) electrons. The molecule has 0 aromatic heterocycles. The number of primary amides is 1. The molecular formula is C16H26N4O4. The SMILES string of the molecule is C=CC(=O)N1CO[C@@]2(CCN(C(=O)N(C)C(C(N)=O)C(C)C)C2)C1. The molecule has 0 aliphatic carbocycles. The number of urea groups is 1. The van der Waals surface area contributed by atoms with Gasteiger partial charge in [0.05, 0.1) is 13.1 Å². The lowest BCUT2D eigenvalue weighted by Gasteiger charge is -2.32. The minimum Gasteiger partial charge on any atom is -0.368 e. The molecule has 1 unspecified atom stereocenters. The van der Waals surface area contributed by atoms with Crippen LogP contribution in [0.3, 0.4) is 0 Å². The maximum atomic E-state index is 12.7. The second kappa shape index (κ2) is 6.80. The average Bonchev–Trinajstić information content (AvgIpc) is 3.12. The molecule has 2 heterocycles. The maximum absolute atomic E-state index is 12.7. The van der Waals surface area contributed by atoms with E-state index in [-0.39, 0.29) is 24.6 Å². The standard InChI is InChI=1S/C16H26N4O4/c1-5-12(21)20-9-16(24-10-20)6-7-19(8-16)15(23)18(4)13(11(2)3)14(17)22/h5,11,13H,1,6-10H2,2-4H3,(H2,17,22)/t13?,16-/m1/s1. The van der Waals surface area contributed by atoms with Gasteiger partial charge >= 0.3 is 6.03 Å². The van der Waals surface area contributed by atoms with Crippen molar-refractivity contribution in [2.45, 2.75) is 31.9 Å². The van der Waals surface area contributed by atoms with E-state index in [2.05, 4.69) is 6.58 Å². The molecule has 0 saturated carbocycles. The number of nitrogens with two attached hydrogens (primary N) is 1. The first-order valence-corrected chi connectivity index (χ1v) is 8.07. The van der Waals surface area contributed by atoms with Gasteiger partial charge in [-0.2, -0.15) is 0 Å². The van der Waals surface area contributed by atoms with Gasteiger partial charge in [0.2, 0.25) is 11.8 Å². The van der Waals surface area contributed by atoms with Gasteiger partial charge in [0.25, 0.3) is 0 Å². The highest BCUT2D eigenvalue weighted by molar-refractivity contribution is 5.87. The van der Waals surface area contributed by atoms with E-state index in [0.717, 1.165) is 0 Å². The molecule has 24 heavy (non-hydrogen) atoms. The molecule has 8 nitrogen and oxygen atoms in total. The van der Waals surface area contributed by atoms with Crippen molar-refractivity contribution in [1.29, 1.82) is 0 Å². The summed E-state index contributed by atoms with van der Waals surface area (Å²) in [5.41, 5.74) is 4.90. The van der Waals surface area contributed by atoms with Gasteiger partial charge in [0.15, 0.2) is 0 Å². The normalized spacial score (nSPS) is 24.5. The summed E-state index contributed by atoms with van der Waals surface area (Å²) >= 11 is 0. The third-order valence-corrected chi connectivity index (χ3v) is 4.72. The van der Waals surface area contributed by atoms with E-state index in [0.29, 0.717) is 26.1 Å². The monoisotopic (exact) mass is 338 g/mol. The molecule has 134 valence electrons. The number of amides is 4. The fourth-order valence-corrected chi connectivity index (χ4v) is 3.49. The largest absolute Gasteiger partial charge is 0.368 e. The summed E-state index contributed by atoms with van der Waals surface area (Å²) in [5, 5.41) is 0. The van der Waals surface area contributed by atoms with Gasteiger partial charge in [0, 0.05) is 13.6 Å². The zero-order valence-electron chi connectivity index (χ0n) is 14.5. The Morgan fingerprint density at radius 3 is 2.46 bits per heavy atom. The van der Waals surface area contributed by atoms with Gasteiger partial charge in [-0.25, -0.2) is 4.79 Å². The zero-order valence-corrected chi connectivity index (χ0v) is 14.5. The number of likely N-dealkylation sites (N-methyl/N-ethyl adjacent to an activating group) is 1. The quantitative estimate of drug-likeness (QED) is 0.730. The molecule has 8 heteroatoms. The minimum atomic E-state index is -0.655. The number of carbonyl (C=O) groups excluding carboxylic acids is 3. The molecule has 4 amide bonds. The third kappa shape index (κ3) is 3.38. The highest BCUT2D eigenvalue weighted by Crippen LogP contribution is 2.32. The van der Waals surface area contributed by atoms with Gasteiger partial charge in [-0.3, -0.25) is 9.59 Å². The van der Waals surface area contributed by atoms with Crippen molar-refractivity contribution in [3.63, 3.8) is 0 Å². The molecule has 0 aromatic rings. The molecule has 0 bridgehead atoms. The molecular weight excluding hydrogens is 312 g/mol. The van der Waals surface area contributed by atoms with Crippen LogP contribution < -0.4 is 5.73 Å². The predicted octanol–water partition coefficient (Wildman–Crippen LogP) is -0.00510. The highest BCUT2D eigenvalue weighted by atomic mass is 16.5. The van der Waals surface area contributed by atoms with E-state index < -0.39 is 17.6 Å². The van der Waals surface area contributed by atoms with Crippen LogP contribution >= 0.6 is 0 Å². The summed E-state index contributed by atoms with van der Waals surface area (Å²) in [7, 11) is 1.59. The Labute approximate surface area is 142 Å². The van der Waals surface area contributed by atoms with Gasteiger partial charge in [-0.05, 0) is 18.4 Å². The first kappa shape index (κ1) is 18.3. The zero-order chi connectivity index (χ0) is 18.1. The van der Waals surface area contributed by atoms with Crippen molar-refractivity contribution in [3.8, 4) is 0 Å². The second-order valence-electron chi connectivity index (χ2n) is 6.85. The Hall–Kier alpha value is -2.09. The average molecular weight is 338 g/mol. The lowest BCUT2D eigenvalue weighted by Crippen LogP contribution is -2.53. The Balaban J connectivity index is 2.03. The molecule has 2 N–H and O–H groups in total. The van der Waals surface area contributed by atoms with Crippen molar-refractivity contribution < 1.29 is 19.1 Å². The minimum absolute atomic E-state index is 0.0727. The van der Waals surface area contributed by atoms with Gasteiger partial charge in [-0.15, -0.1) is 0 Å². The first-order chi connectivity index (χ1) is 11.2. The molecule has 2 atom stereocenters. The lowest BCUT2D eigenvalue weighted by atomic mass is 10.0. The summed E-state index contributed by atoms with van der Waals surface area (Å²) in [5.74, 6) is -0.770. The topological polar surface area (TPSA) is 96.2 Å². The first-order valence-electron chi connectivity index (χ1n) is 8.07. The summed E-state index contributed by atoms with van der Waals surface area (Å²) in [4.78, 5) is 40.7. The number of likely N-dealkylation sites (tertiary alicyclic amines) is 1. The van der Waals surface area contributed by atoms with Crippen molar-refractivity contribution >= 4 is 17.8 Å². The van der Waals surface area contributed by atoms with E-state index in [4.69, 9.17) is 10.5 Å². The smallest absolute Gasteiger partial charge is 0.320 e. The Bertz CT molecular complexity index is 550. The van der Waals surface area contributed by atoms with Gasteiger partial charge in [0.1, 0.15) is 18.4 Å². The molecule has 2 rings (SSSR count). The summed E-state index contributed by atoms with van der Waals surface area (Å²) in [6, 6.07) is -0.904. The molecule has 0 aromatic carbocycles. The number of ether oxygens (including phenoxy) is 1. The third-order valence-electron chi connectivity index (χ3n) is 4.72. The van der Waals surface area contributed by atoms with Crippen LogP contribution in [0, 0.1) is 5.92 Å². The maximum Gasteiger partial charge on any atom is 0.320 e.